The molecule has 0 amide bonds. The Kier molecular flexibility index (Phi) is 5.25. The van der Waals surface area contributed by atoms with Crippen LogP contribution in [-0.4, -0.2) is 31.8 Å². The lowest BCUT2D eigenvalue weighted by molar-refractivity contribution is -0.137. The highest BCUT2D eigenvalue weighted by Gasteiger charge is 2.37. The highest BCUT2D eigenvalue weighted by Crippen LogP contribution is 2.37. The molecule has 1 heterocycles. The number of benzene rings is 2. The summed E-state index contributed by atoms with van der Waals surface area (Å²) in [7, 11) is -3.67. The number of hydrogen-bond donors (Lipinski definition) is 0. The van der Waals surface area contributed by atoms with E-state index in [1.54, 1.807) is 31.2 Å². The molecule has 5 nitrogen and oxygen atoms in total. The normalized spacial score (nSPS) is 18.9. The standard InChI is InChI=1S/C20H21NO4S/c1-3-25-20(22)13-17-14-21(15(2)16-9-5-4-6-10-16)26(23,24)19-12-8-7-11-18(17)19/h4-13,15H,3,14H2,1-2H3/b17-13+/t15-/m0/s1. The van der Waals surface area contributed by atoms with Crippen molar-refractivity contribution in [2.24, 2.45) is 0 Å². The SMILES string of the molecule is CCOC(=O)/C=C1\CN([C@@H](C)c2ccccc2)S(=O)(=O)c2ccccc21. The van der Waals surface area contributed by atoms with E-state index < -0.39 is 16.0 Å². The zero-order valence-electron chi connectivity index (χ0n) is 14.8. The van der Waals surface area contributed by atoms with Gasteiger partial charge in [-0.25, -0.2) is 13.2 Å². The Balaban J connectivity index is 2.09. The van der Waals surface area contributed by atoms with E-state index in [1.807, 2.05) is 37.3 Å². The number of hydrogen-bond acceptors (Lipinski definition) is 4. The number of esters is 1. The highest BCUT2D eigenvalue weighted by molar-refractivity contribution is 7.89. The van der Waals surface area contributed by atoms with Gasteiger partial charge in [0, 0.05) is 18.7 Å². The molecule has 0 N–H and O–H groups in total. The van der Waals surface area contributed by atoms with Crippen molar-refractivity contribution in [2.45, 2.75) is 24.8 Å². The van der Waals surface area contributed by atoms with Crippen LogP contribution in [0.5, 0.6) is 0 Å². The van der Waals surface area contributed by atoms with Crippen molar-refractivity contribution < 1.29 is 17.9 Å². The summed E-state index contributed by atoms with van der Waals surface area (Å²) in [6.07, 6.45) is 1.39. The lowest BCUT2D eigenvalue weighted by atomic mass is 10.0. The van der Waals surface area contributed by atoms with Gasteiger partial charge < -0.3 is 4.74 Å². The van der Waals surface area contributed by atoms with E-state index in [2.05, 4.69) is 0 Å². The topological polar surface area (TPSA) is 63.7 Å². The Labute approximate surface area is 154 Å². The highest BCUT2D eigenvalue weighted by atomic mass is 32.2. The summed E-state index contributed by atoms with van der Waals surface area (Å²) < 4.78 is 32.8. The quantitative estimate of drug-likeness (QED) is 0.610. The van der Waals surface area contributed by atoms with Gasteiger partial charge in [0.25, 0.3) is 0 Å². The Hall–Kier alpha value is -2.44. The Bertz CT molecular complexity index is 935. The van der Waals surface area contributed by atoms with Crippen LogP contribution in [0.1, 0.15) is 31.0 Å². The van der Waals surface area contributed by atoms with Crippen LogP contribution in [-0.2, 0) is 19.6 Å². The number of rotatable bonds is 4. The zero-order valence-corrected chi connectivity index (χ0v) is 15.6. The molecule has 0 aliphatic carbocycles. The largest absolute Gasteiger partial charge is 0.463 e. The predicted octanol–water partition coefficient (Wildman–Crippen LogP) is 3.40. The first-order valence-corrected chi connectivity index (χ1v) is 9.92. The van der Waals surface area contributed by atoms with Crippen molar-refractivity contribution in [1.82, 2.24) is 4.31 Å². The van der Waals surface area contributed by atoms with Crippen LogP contribution in [0.4, 0.5) is 0 Å². The minimum absolute atomic E-state index is 0.119. The number of sulfonamides is 1. The van der Waals surface area contributed by atoms with E-state index in [4.69, 9.17) is 4.74 Å². The van der Waals surface area contributed by atoms with Gasteiger partial charge in [-0.1, -0.05) is 48.5 Å². The third-order valence-electron chi connectivity index (χ3n) is 4.44. The van der Waals surface area contributed by atoms with Crippen molar-refractivity contribution in [2.75, 3.05) is 13.2 Å². The van der Waals surface area contributed by atoms with Crippen LogP contribution in [0, 0.1) is 0 Å². The van der Waals surface area contributed by atoms with Crippen molar-refractivity contribution in [1.29, 1.82) is 0 Å². The Morgan fingerprint density at radius 2 is 1.81 bits per heavy atom. The first-order chi connectivity index (χ1) is 12.4. The van der Waals surface area contributed by atoms with Gasteiger partial charge in [-0.15, -0.1) is 0 Å². The minimum atomic E-state index is -3.67. The van der Waals surface area contributed by atoms with Gasteiger partial charge in [0.2, 0.25) is 10.0 Å². The molecule has 0 bridgehead atoms. The molecular formula is C20H21NO4S. The summed E-state index contributed by atoms with van der Waals surface area (Å²) >= 11 is 0. The van der Waals surface area contributed by atoms with Crippen LogP contribution >= 0.6 is 0 Å². The monoisotopic (exact) mass is 371 g/mol. The second kappa shape index (κ2) is 7.43. The molecule has 1 aliphatic rings. The van der Waals surface area contributed by atoms with E-state index in [9.17, 15) is 13.2 Å². The summed E-state index contributed by atoms with van der Waals surface area (Å²) in [4.78, 5) is 12.2. The smallest absolute Gasteiger partial charge is 0.331 e. The number of ether oxygens (including phenoxy) is 1. The van der Waals surface area contributed by atoms with Crippen LogP contribution in [0.15, 0.2) is 65.6 Å². The van der Waals surface area contributed by atoms with Crippen LogP contribution < -0.4 is 0 Å². The fourth-order valence-corrected chi connectivity index (χ4v) is 4.94. The van der Waals surface area contributed by atoms with Crippen LogP contribution in [0.25, 0.3) is 5.57 Å². The molecule has 0 spiro atoms. The molecule has 0 saturated carbocycles. The van der Waals surface area contributed by atoms with E-state index in [-0.39, 0.29) is 24.1 Å². The molecule has 2 aromatic carbocycles. The molecule has 0 saturated heterocycles. The summed E-state index contributed by atoms with van der Waals surface area (Å²) in [5.41, 5.74) is 2.08. The molecule has 0 fully saturated rings. The van der Waals surface area contributed by atoms with E-state index in [0.717, 1.165) is 5.56 Å². The van der Waals surface area contributed by atoms with Gasteiger partial charge in [-0.2, -0.15) is 4.31 Å². The zero-order chi connectivity index (χ0) is 18.7. The molecule has 6 heteroatoms. The number of carbonyl (C=O) groups excluding carboxylic acids is 1. The van der Waals surface area contributed by atoms with Crippen LogP contribution in [0.3, 0.4) is 0 Å². The summed E-state index contributed by atoms with van der Waals surface area (Å²) in [5.74, 6) is -0.469. The lowest BCUT2D eigenvalue weighted by Gasteiger charge is -2.34. The number of carbonyl (C=O) groups is 1. The van der Waals surface area contributed by atoms with Crippen LogP contribution in [0.2, 0.25) is 0 Å². The van der Waals surface area contributed by atoms with Crippen molar-refractivity contribution in [3.05, 3.63) is 71.8 Å². The van der Waals surface area contributed by atoms with Gasteiger partial charge in [0.1, 0.15) is 0 Å². The minimum Gasteiger partial charge on any atom is -0.463 e. The van der Waals surface area contributed by atoms with Crippen molar-refractivity contribution >= 4 is 21.6 Å². The van der Waals surface area contributed by atoms with Gasteiger partial charge in [-0.3, -0.25) is 0 Å². The molecule has 136 valence electrons. The molecule has 0 unspecified atom stereocenters. The lowest BCUT2D eigenvalue weighted by Crippen LogP contribution is -2.38. The first kappa shape index (κ1) is 18.4. The van der Waals surface area contributed by atoms with Gasteiger partial charge in [0.05, 0.1) is 11.5 Å². The number of nitrogens with zero attached hydrogens (tertiary/aromatic N) is 1. The predicted molar refractivity (Wildman–Crippen MR) is 99.8 cm³/mol. The second-order valence-corrected chi connectivity index (χ2v) is 7.91. The first-order valence-electron chi connectivity index (χ1n) is 8.48. The van der Waals surface area contributed by atoms with Crippen molar-refractivity contribution in [3.8, 4) is 0 Å². The van der Waals surface area contributed by atoms with Gasteiger partial charge in [0.15, 0.2) is 0 Å². The van der Waals surface area contributed by atoms with E-state index >= 15 is 0 Å². The molecule has 2 aromatic rings. The maximum atomic E-state index is 13.2. The average Bonchev–Trinajstić information content (AvgIpc) is 2.64. The Morgan fingerprint density at radius 3 is 2.50 bits per heavy atom. The number of fused-ring (bicyclic) bond motifs is 1. The summed E-state index contributed by atoms with van der Waals surface area (Å²) in [6, 6.07) is 15.8. The molecule has 3 rings (SSSR count). The van der Waals surface area contributed by atoms with Gasteiger partial charge >= 0.3 is 5.97 Å². The Morgan fingerprint density at radius 1 is 1.15 bits per heavy atom. The molecular weight excluding hydrogens is 350 g/mol. The van der Waals surface area contributed by atoms with E-state index in [1.165, 1.54) is 10.4 Å². The summed E-state index contributed by atoms with van der Waals surface area (Å²) in [6.45, 7) is 3.98. The molecule has 26 heavy (non-hydrogen) atoms. The van der Waals surface area contributed by atoms with Crippen molar-refractivity contribution in [3.63, 3.8) is 0 Å². The summed E-state index contributed by atoms with van der Waals surface area (Å²) in [5, 5.41) is 0. The molecule has 1 atom stereocenters. The third kappa shape index (κ3) is 3.43. The third-order valence-corrected chi connectivity index (χ3v) is 6.41. The fraction of sp³-hybridized carbons (Fsp3) is 0.250. The van der Waals surface area contributed by atoms with E-state index in [0.29, 0.717) is 11.1 Å². The fourth-order valence-electron chi connectivity index (χ4n) is 3.11. The molecule has 0 aromatic heterocycles. The van der Waals surface area contributed by atoms with Gasteiger partial charge in [-0.05, 0) is 36.6 Å². The maximum Gasteiger partial charge on any atom is 0.331 e. The molecule has 1 aliphatic heterocycles. The second-order valence-electron chi connectivity index (χ2n) is 6.05. The molecule has 0 radical (unpaired) electrons. The maximum absolute atomic E-state index is 13.2. The average molecular weight is 371 g/mol.